The zero-order valence-corrected chi connectivity index (χ0v) is 11.9. The van der Waals surface area contributed by atoms with Gasteiger partial charge in [0.25, 0.3) is 0 Å². The van der Waals surface area contributed by atoms with Crippen molar-refractivity contribution in [2.24, 2.45) is 0 Å². The second-order valence-corrected chi connectivity index (χ2v) is 5.64. The van der Waals surface area contributed by atoms with E-state index < -0.39 is 11.7 Å². The molecule has 0 aromatic heterocycles. The highest BCUT2D eigenvalue weighted by Crippen LogP contribution is 2.27. The maximum absolute atomic E-state index is 11.7. The first-order chi connectivity index (χ1) is 9.37. The monoisotopic (exact) mass is 273 g/mol. The van der Waals surface area contributed by atoms with Crippen molar-refractivity contribution < 1.29 is 14.6 Å². The number of fused-ring (bicyclic) bond motifs is 1. The molecule has 0 atom stereocenters. The number of alkyl carbamates (subject to hydrolysis) is 1. The molecule has 0 unspecified atom stereocenters. The van der Waals surface area contributed by atoms with Gasteiger partial charge in [-0.25, -0.2) is 4.79 Å². The molecular weight excluding hydrogens is 254 g/mol. The van der Waals surface area contributed by atoms with Crippen molar-refractivity contribution >= 4 is 16.9 Å². The van der Waals surface area contributed by atoms with Crippen molar-refractivity contribution in [1.82, 2.24) is 5.32 Å². The van der Waals surface area contributed by atoms with Crippen LogP contribution in [0.15, 0.2) is 36.4 Å². The molecule has 0 radical (unpaired) electrons. The predicted molar refractivity (Wildman–Crippen MR) is 78.7 cm³/mol. The summed E-state index contributed by atoms with van der Waals surface area (Å²) >= 11 is 0. The van der Waals surface area contributed by atoms with E-state index >= 15 is 0 Å². The number of rotatable bonds is 2. The lowest BCUT2D eigenvalue weighted by Gasteiger charge is -2.20. The average Bonchev–Trinajstić information content (AvgIpc) is 2.36. The van der Waals surface area contributed by atoms with Crippen molar-refractivity contribution in [3.63, 3.8) is 0 Å². The number of amides is 1. The Bertz CT molecular complexity index is 629. The summed E-state index contributed by atoms with van der Waals surface area (Å²) in [6.45, 7) is 5.82. The van der Waals surface area contributed by atoms with Crippen LogP contribution in [0.25, 0.3) is 10.8 Å². The fraction of sp³-hybridized carbons (Fsp3) is 0.312. The van der Waals surface area contributed by atoms with E-state index in [-0.39, 0.29) is 5.75 Å². The maximum atomic E-state index is 11.7. The number of phenolic OH excluding ortho intramolecular Hbond substituents is 1. The Morgan fingerprint density at radius 2 is 1.80 bits per heavy atom. The average molecular weight is 273 g/mol. The molecule has 106 valence electrons. The second-order valence-electron chi connectivity index (χ2n) is 5.64. The van der Waals surface area contributed by atoms with Gasteiger partial charge >= 0.3 is 6.09 Å². The van der Waals surface area contributed by atoms with Crippen LogP contribution in [0.1, 0.15) is 26.3 Å². The molecule has 4 nitrogen and oxygen atoms in total. The van der Waals surface area contributed by atoms with Gasteiger partial charge in [-0.15, -0.1) is 0 Å². The summed E-state index contributed by atoms with van der Waals surface area (Å²) in [6, 6.07) is 11.0. The molecule has 0 aliphatic heterocycles. The highest BCUT2D eigenvalue weighted by Gasteiger charge is 2.16. The van der Waals surface area contributed by atoms with Crippen LogP contribution >= 0.6 is 0 Å². The Hall–Kier alpha value is -2.23. The molecule has 1 amide bonds. The molecule has 0 bridgehead atoms. The van der Waals surface area contributed by atoms with Crippen LogP contribution < -0.4 is 5.32 Å². The number of aromatic hydroxyl groups is 1. The maximum Gasteiger partial charge on any atom is 0.407 e. The number of ether oxygens (including phenoxy) is 1. The van der Waals surface area contributed by atoms with Gasteiger partial charge in [-0.05, 0) is 37.8 Å². The van der Waals surface area contributed by atoms with Gasteiger partial charge < -0.3 is 15.2 Å². The van der Waals surface area contributed by atoms with Crippen LogP contribution in [0.5, 0.6) is 5.75 Å². The van der Waals surface area contributed by atoms with Crippen LogP contribution in [0.4, 0.5) is 4.79 Å². The molecule has 2 N–H and O–H groups in total. The Labute approximate surface area is 118 Å². The number of phenols is 1. The lowest BCUT2D eigenvalue weighted by Crippen LogP contribution is -2.32. The van der Waals surface area contributed by atoms with Crippen LogP contribution in [0.3, 0.4) is 0 Å². The molecule has 2 aromatic carbocycles. The normalized spacial score (nSPS) is 11.3. The van der Waals surface area contributed by atoms with Gasteiger partial charge in [-0.3, -0.25) is 0 Å². The topological polar surface area (TPSA) is 58.6 Å². The second kappa shape index (κ2) is 5.41. The predicted octanol–water partition coefficient (Wildman–Crippen LogP) is 3.57. The molecule has 0 aliphatic carbocycles. The molecule has 2 rings (SSSR count). The van der Waals surface area contributed by atoms with Gasteiger partial charge in [0, 0.05) is 11.9 Å². The lowest BCUT2D eigenvalue weighted by atomic mass is 10.0. The number of carbonyl (C=O) groups excluding carboxylic acids is 1. The van der Waals surface area contributed by atoms with E-state index in [0.29, 0.717) is 6.54 Å². The van der Waals surface area contributed by atoms with E-state index in [1.807, 2.05) is 45.0 Å². The highest BCUT2D eigenvalue weighted by atomic mass is 16.6. The van der Waals surface area contributed by atoms with E-state index in [4.69, 9.17) is 4.74 Å². The molecule has 4 heteroatoms. The molecule has 20 heavy (non-hydrogen) atoms. The first-order valence-electron chi connectivity index (χ1n) is 6.53. The van der Waals surface area contributed by atoms with E-state index in [2.05, 4.69) is 5.32 Å². The lowest BCUT2D eigenvalue weighted by molar-refractivity contribution is 0.0524. The molecule has 0 fully saturated rings. The van der Waals surface area contributed by atoms with Gasteiger partial charge in [0.2, 0.25) is 0 Å². The van der Waals surface area contributed by atoms with Crippen LogP contribution in [-0.2, 0) is 11.3 Å². The summed E-state index contributed by atoms with van der Waals surface area (Å²) in [5, 5.41) is 14.2. The highest BCUT2D eigenvalue weighted by molar-refractivity contribution is 5.90. The first kappa shape index (κ1) is 14.2. The molecule has 0 aliphatic rings. The Balaban J connectivity index is 2.15. The van der Waals surface area contributed by atoms with Gasteiger partial charge in [0.1, 0.15) is 11.4 Å². The zero-order valence-electron chi connectivity index (χ0n) is 11.9. The van der Waals surface area contributed by atoms with Crippen molar-refractivity contribution in [2.45, 2.75) is 32.9 Å². The molecule has 0 saturated carbocycles. The van der Waals surface area contributed by atoms with Crippen LogP contribution in [0, 0.1) is 0 Å². The number of carbonyl (C=O) groups is 1. The Morgan fingerprint density at radius 1 is 1.15 bits per heavy atom. The summed E-state index contributed by atoms with van der Waals surface area (Å²) in [7, 11) is 0. The smallest absolute Gasteiger partial charge is 0.407 e. The van der Waals surface area contributed by atoms with E-state index in [1.165, 1.54) is 0 Å². The van der Waals surface area contributed by atoms with E-state index in [0.717, 1.165) is 16.3 Å². The molecule has 0 spiro atoms. The van der Waals surface area contributed by atoms with Crippen molar-refractivity contribution in [3.05, 3.63) is 42.0 Å². The summed E-state index contributed by atoms with van der Waals surface area (Å²) < 4.78 is 5.20. The minimum Gasteiger partial charge on any atom is -0.507 e. The van der Waals surface area contributed by atoms with Gasteiger partial charge in [-0.1, -0.05) is 30.3 Å². The fourth-order valence-corrected chi connectivity index (χ4v) is 1.98. The third-order valence-corrected chi connectivity index (χ3v) is 2.81. The molecule has 2 aromatic rings. The minimum absolute atomic E-state index is 0.238. The van der Waals surface area contributed by atoms with Crippen molar-refractivity contribution in [3.8, 4) is 5.75 Å². The SMILES string of the molecule is CC(C)(C)OC(=O)NCc1ccc(O)c2ccccc12. The third-order valence-electron chi connectivity index (χ3n) is 2.81. The summed E-state index contributed by atoms with van der Waals surface area (Å²) in [6.07, 6.45) is -0.449. The van der Waals surface area contributed by atoms with Crippen molar-refractivity contribution in [2.75, 3.05) is 0 Å². The van der Waals surface area contributed by atoms with Gasteiger partial charge in [0.15, 0.2) is 0 Å². The van der Waals surface area contributed by atoms with Crippen LogP contribution in [-0.4, -0.2) is 16.8 Å². The fourth-order valence-electron chi connectivity index (χ4n) is 1.98. The summed E-state index contributed by atoms with van der Waals surface area (Å²) in [4.78, 5) is 11.7. The van der Waals surface area contributed by atoms with Gasteiger partial charge in [0.05, 0.1) is 0 Å². The largest absolute Gasteiger partial charge is 0.507 e. The number of nitrogens with one attached hydrogen (secondary N) is 1. The Kier molecular flexibility index (Phi) is 3.84. The quantitative estimate of drug-likeness (QED) is 0.879. The molecule has 0 heterocycles. The zero-order chi connectivity index (χ0) is 14.8. The number of benzene rings is 2. The first-order valence-corrected chi connectivity index (χ1v) is 6.53. The molecular formula is C16H19NO3. The Morgan fingerprint density at radius 3 is 2.45 bits per heavy atom. The third kappa shape index (κ3) is 3.41. The van der Waals surface area contributed by atoms with Crippen molar-refractivity contribution in [1.29, 1.82) is 0 Å². The van der Waals surface area contributed by atoms with E-state index in [1.54, 1.807) is 12.1 Å². The molecule has 0 saturated heterocycles. The standard InChI is InChI=1S/C16H19NO3/c1-16(2,3)20-15(19)17-10-11-8-9-14(18)13-7-5-4-6-12(11)13/h4-9,18H,10H2,1-3H3,(H,17,19). The van der Waals surface area contributed by atoms with Crippen LogP contribution in [0.2, 0.25) is 0 Å². The number of hydrogen-bond donors (Lipinski definition) is 2. The number of hydrogen-bond acceptors (Lipinski definition) is 3. The van der Waals surface area contributed by atoms with Gasteiger partial charge in [-0.2, -0.15) is 0 Å². The summed E-state index contributed by atoms with van der Waals surface area (Å²) in [5.41, 5.74) is 0.422. The van der Waals surface area contributed by atoms with E-state index in [9.17, 15) is 9.90 Å². The minimum atomic E-state index is -0.513. The summed E-state index contributed by atoms with van der Waals surface area (Å²) in [5.74, 6) is 0.238.